The van der Waals surface area contributed by atoms with Crippen LogP contribution in [0.4, 0.5) is 0 Å². The van der Waals surface area contributed by atoms with Gasteiger partial charge in [-0.3, -0.25) is 4.79 Å². The maximum absolute atomic E-state index is 12.4. The Morgan fingerprint density at radius 1 is 0.889 bits per heavy atom. The maximum atomic E-state index is 12.4. The van der Waals surface area contributed by atoms with Gasteiger partial charge in [-0.25, -0.2) is 0 Å². The summed E-state index contributed by atoms with van der Waals surface area (Å²) in [7, 11) is 6.26. The average molecular weight is 372 g/mol. The quantitative estimate of drug-likeness (QED) is 0.360. The molecule has 0 saturated heterocycles. The second-order valence-corrected chi connectivity index (χ2v) is 5.52. The van der Waals surface area contributed by atoms with Crippen LogP contribution in [-0.4, -0.2) is 47.4 Å². The SMILES string of the molecule is COCCOc1ccc(C(=O)C=Cc2cc(OC)c(OC)c(OC)c2)cc1. The average Bonchev–Trinajstić information content (AvgIpc) is 2.71. The van der Waals surface area contributed by atoms with Crippen molar-refractivity contribution >= 4 is 11.9 Å². The first-order valence-electron chi connectivity index (χ1n) is 8.37. The Kier molecular flexibility index (Phi) is 7.70. The van der Waals surface area contributed by atoms with Gasteiger partial charge < -0.3 is 23.7 Å². The van der Waals surface area contributed by atoms with Gasteiger partial charge in [-0.05, 0) is 48.0 Å². The van der Waals surface area contributed by atoms with Crippen LogP contribution in [0.3, 0.4) is 0 Å². The summed E-state index contributed by atoms with van der Waals surface area (Å²) in [6.45, 7) is 0.975. The first kappa shape index (κ1) is 20.3. The molecule has 0 amide bonds. The highest BCUT2D eigenvalue weighted by atomic mass is 16.5. The van der Waals surface area contributed by atoms with E-state index in [4.69, 9.17) is 23.7 Å². The number of hydrogen-bond acceptors (Lipinski definition) is 6. The highest BCUT2D eigenvalue weighted by molar-refractivity contribution is 6.06. The van der Waals surface area contributed by atoms with Crippen molar-refractivity contribution in [3.8, 4) is 23.0 Å². The van der Waals surface area contributed by atoms with E-state index >= 15 is 0 Å². The van der Waals surface area contributed by atoms with Gasteiger partial charge in [0.15, 0.2) is 17.3 Å². The normalized spacial score (nSPS) is 10.7. The van der Waals surface area contributed by atoms with Gasteiger partial charge in [-0.15, -0.1) is 0 Å². The molecule has 2 rings (SSSR count). The smallest absolute Gasteiger partial charge is 0.203 e. The summed E-state index contributed by atoms with van der Waals surface area (Å²) < 4.78 is 26.4. The second kappa shape index (κ2) is 10.2. The molecular formula is C21H24O6. The third kappa shape index (κ3) is 5.49. The standard InChI is InChI=1S/C21H24O6/c1-23-11-12-27-17-8-6-16(7-9-17)18(22)10-5-15-13-19(24-2)21(26-4)20(14-15)25-3/h5-10,13-14H,11-12H2,1-4H3. The Balaban J connectivity index is 2.12. The summed E-state index contributed by atoms with van der Waals surface area (Å²) >= 11 is 0. The molecule has 0 bridgehead atoms. The molecule has 0 fully saturated rings. The van der Waals surface area contributed by atoms with Gasteiger partial charge >= 0.3 is 0 Å². The Morgan fingerprint density at radius 3 is 2.04 bits per heavy atom. The zero-order chi connectivity index (χ0) is 19.6. The molecule has 144 valence electrons. The fourth-order valence-corrected chi connectivity index (χ4v) is 2.42. The molecule has 0 radical (unpaired) electrons. The first-order chi connectivity index (χ1) is 13.1. The zero-order valence-electron chi connectivity index (χ0n) is 16.0. The number of carbonyl (C=O) groups excluding carboxylic acids is 1. The van der Waals surface area contributed by atoms with Crippen molar-refractivity contribution in [2.75, 3.05) is 41.7 Å². The predicted octanol–water partition coefficient (Wildman–Crippen LogP) is 3.63. The molecule has 0 spiro atoms. The lowest BCUT2D eigenvalue weighted by Crippen LogP contribution is -2.04. The number of carbonyl (C=O) groups is 1. The van der Waals surface area contributed by atoms with Crippen LogP contribution < -0.4 is 18.9 Å². The van der Waals surface area contributed by atoms with Gasteiger partial charge in [-0.1, -0.05) is 6.08 Å². The van der Waals surface area contributed by atoms with Gasteiger partial charge in [0, 0.05) is 12.7 Å². The van der Waals surface area contributed by atoms with Crippen LogP contribution in [0.2, 0.25) is 0 Å². The van der Waals surface area contributed by atoms with E-state index < -0.39 is 0 Å². The third-order valence-electron chi connectivity index (χ3n) is 3.81. The van der Waals surface area contributed by atoms with Crippen molar-refractivity contribution in [3.63, 3.8) is 0 Å². The number of ketones is 1. The van der Waals surface area contributed by atoms with E-state index in [1.807, 2.05) is 0 Å². The lowest BCUT2D eigenvalue weighted by Gasteiger charge is -2.12. The zero-order valence-corrected chi connectivity index (χ0v) is 16.0. The summed E-state index contributed by atoms with van der Waals surface area (Å²) in [6.07, 6.45) is 3.21. The van der Waals surface area contributed by atoms with E-state index in [0.29, 0.717) is 41.8 Å². The summed E-state index contributed by atoms with van der Waals surface area (Å²) in [5.41, 5.74) is 1.33. The Bertz CT molecular complexity index is 755. The fraction of sp³-hybridized carbons (Fsp3) is 0.286. The number of ether oxygens (including phenoxy) is 5. The molecule has 6 heteroatoms. The topological polar surface area (TPSA) is 63.2 Å². The van der Waals surface area contributed by atoms with E-state index in [9.17, 15) is 4.79 Å². The molecule has 2 aromatic carbocycles. The van der Waals surface area contributed by atoms with E-state index in [2.05, 4.69) is 0 Å². The Hall–Kier alpha value is -2.99. The van der Waals surface area contributed by atoms with Crippen LogP contribution in [0.5, 0.6) is 23.0 Å². The number of rotatable bonds is 10. The Morgan fingerprint density at radius 2 is 1.52 bits per heavy atom. The van der Waals surface area contributed by atoms with Crippen molar-refractivity contribution in [2.45, 2.75) is 0 Å². The van der Waals surface area contributed by atoms with Gasteiger partial charge in [0.05, 0.1) is 27.9 Å². The lowest BCUT2D eigenvalue weighted by atomic mass is 10.1. The second-order valence-electron chi connectivity index (χ2n) is 5.52. The van der Waals surface area contributed by atoms with E-state index in [1.54, 1.807) is 70.9 Å². The molecule has 0 aliphatic carbocycles. The number of benzene rings is 2. The molecule has 0 N–H and O–H groups in total. The molecule has 0 aromatic heterocycles. The minimum Gasteiger partial charge on any atom is -0.493 e. The molecule has 0 unspecified atom stereocenters. The van der Waals surface area contributed by atoms with Crippen molar-refractivity contribution in [3.05, 3.63) is 53.6 Å². The number of allylic oxidation sites excluding steroid dienone is 1. The van der Waals surface area contributed by atoms with Crippen molar-refractivity contribution in [1.29, 1.82) is 0 Å². The highest BCUT2D eigenvalue weighted by Crippen LogP contribution is 2.38. The molecule has 27 heavy (non-hydrogen) atoms. The molecule has 2 aromatic rings. The van der Waals surface area contributed by atoms with Gasteiger partial charge in [0.25, 0.3) is 0 Å². The number of hydrogen-bond donors (Lipinski definition) is 0. The van der Waals surface area contributed by atoms with Gasteiger partial charge in [0.1, 0.15) is 12.4 Å². The van der Waals surface area contributed by atoms with Crippen LogP contribution in [0, 0.1) is 0 Å². The van der Waals surface area contributed by atoms with E-state index in [0.717, 1.165) is 5.56 Å². The predicted molar refractivity (Wildman–Crippen MR) is 103 cm³/mol. The van der Waals surface area contributed by atoms with Crippen LogP contribution in [0.1, 0.15) is 15.9 Å². The summed E-state index contributed by atoms with van der Waals surface area (Å²) in [5, 5.41) is 0. The van der Waals surface area contributed by atoms with Crippen molar-refractivity contribution in [1.82, 2.24) is 0 Å². The molecule has 0 heterocycles. The van der Waals surface area contributed by atoms with Crippen LogP contribution in [0.25, 0.3) is 6.08 Å². The highest BCUT2D eigenvalue weighted by Gasteiger charge is 2.12. The van der Waals surface area contributed by atoms with Crippen LogP contribution in [-0.2, 0) is 4.74 Å². The third-order valence-corrected chi connectivity index (χ3v) is 3.81. The summed E-state index contributed by atoms with van der Waals surface area (Å²) in [6, 6.07) is 10.5. The molecule has 0 aliphatic rings. The first-order valence-corrected chi connectivity index (χ1v) is 8.37. The number of methoxy groups -OCH3 is 4. The fourth-order valence-electron chi connectivity index (χ4n) is 2.42. The van der Waals surface area contributed by atoms with E-state index in [1.165, 1.54) is 6.08 Å². The van der Waals surface area contributed by atoms with Crippen molar-refractivity contribution in [2.24, 2.45) is 0 Å². The molecule has 0 aliphatic heterocycles. The van der Waals surface area contributed by atoms with Gasteiger partial charge in [-0.2, -0.15) is 0 Å². The molecule has 0 saturated carbocycles. The minimum absolute atomic E-state index is 0.118. The summed E-state index contributed by atoms with van der Waals surface area (Å²) in [4.78, 5) is 12.4. The van der Waals surface area contributed by atoms with Crippen LogP contribution in [0.15, 0.2) is 42.5 Å². The molecular weight excluding hydrogens is 348 g/mol. The van der Waals surface area contributed by atoms with Gasteiger partial charge in [0.2, 0.25) is 5.75 Å². The Labute approximate surface area is 159 Å². The maximum Gasteiger partial charge on any atom is 0.203 e. The molecule has 0 atom stereocenters. The van der Waals surface area contributed by atoms with Crippen LogP contribution >= 0.6 is 0 Å². The largest absolute Gasteiger partial charge is 0.493 e. The summed E-state index contributed by atoms with van der Waals surface area (Å²) in [5.74, 6) is 2.14. The molecule has 6 nitrogen and oxygen atoms in total. The monoisotopic (exact) mass is 372 g/mol. The van der Waals surface area contributed by atoms with E-state index in [-0.39, 0.29) is 5.78 Å². The van der Waals surface area contributed by atoms with Crippen molar-refractivity contribution < 1.29 is 28.5 Å². The minimum atomic E-state index is -0.118. The lowest BCUT2D eigenvalue weighted by molar-refractivity contribution is 0.104.